The van der Waals surface area contributed by atoms with Crippen LogP contribution in [0.15, 0.2) is 35.7 Å². The molecule has 38 heavy (non-hydrogen) atoms. The highest BCUT2D eigenvalue weighted by atomic mass is 35.5. The molecule has 0 fully saturated rings. The van der Waals surface area contributed by atoms with Crippen molar-refractivity contribution in [2.75, 3.05) is 32.6 Å². The predicted octanol–water partition coefficient (Wildman–Crippen LogP) is 2.98. The van der Waals surface area contributed by atoms with Crippen molar-refractivity contribution in [3.05, 3.63) is 68.1 Å². The van der Waals surface area contributed by atoms with E-state index >= 15 is 0 Å². The summed E-state index contributed by atoms with van der Waals surface area (Å²) in [5.41, 5.74) is 1.63. The van der Waals surface area contributed by atoms with Crippen LogP contribution in [0.5, 0.6) is 5.75 Å². The highest BCUT2D eigenvalue weighted by Gasteiger charge is 2.25. The lowest BCUT2D eigenvalue weighted by molar-refractivity contribution is -0.142. The molecule has 0 spiro atoms. The van der Waals surface area contributed by atoms with Gasteiger partial charge in [-0.15, -0.1) is 11.3 Å². The van der Waals surface area contributed by atoms with Crippen molar-refractivity contribution in [1.82, 2.24) is 20.6 Å². The summed E-state index contributed by atoms with van der Waals surface area (Å²) in [5, 5.41) is 10.5. The smallest absolute Gasteiger partial charge is 0.330 e. The third-order valence-electron chi connectivity index (χ3n) is 5.23. The number of aryl methyl sites for hydroxylation is 2. The SMILES string of the molecule is COC(=O)[C@H](CNC(=O)c1cccs1)NC(=O)c1c(C)nc(NCC#Cc2cc(OC)ccc2Cl)nc1C. The molecule has 0 aliphatic heterocycles. The molecule has 12 heteroatoms. The van der Waals surface area contributed by atoms with Gasteiger partial charge in [-0.05, 0) is 43.5 Å². The summed E-state index contributed by atoms with van der Waals surface area (Å²) in [6.45, 7) is 3.39. The van der Waals surface area contributed by atoms with E-state index in [1.54, 1.807) is 56.7 Å². The fourth-order valence-electron chi connectivity index (χ4n) is 3.37. The van der Waals surface area contributed by atoms with Gasteiger partial charge in [0.05, 0.1) is 47.6 Å². The second-order valence-electron chi connectivity index (χ2n) is 7.83. The lowest BCUT2D eigenvalue weighted by Crippen LogP contribution is -2.49. The van der Waals surface area contributed by atoms with Gasteiger partial charge in [0.15, 0.2) is 0 Å². The third-order valence-corrected chi connectivity index (χ3v) is 6.43. The summed E-state index contributed by atoms with van der Waals surface area (Å²) in [4.78, 5) is 46.7. The van der Waals surface area contributed by atoms with Crippen molar-refractivity contribution >= 4 is 46.7 Å². The molecule has 0 saturated carbocycles. The number of carbonyl (C=O) groups is 3. The summed E-state index contributed by atoms with van der Waals surface area (Å²) in [7, 11) is 2.77. The number of methoxy groups -OCH3 is 2. The number of ether oxygens (including phenoxy) is 2. The van der Waals surface area contributed by atoms with E-state index in [0.29, 0.717) is 32.6 Å². The molecule has 198 valence electrons. The fourth-order valence-corrected chi connectivity index (χ4v) is 4.17. The summed E-state index contributed by atoms with van der Waals surface area (Å²) >= 11 is 7.43. The number of thiophene rings is 1. The van der Waals surface area contributed by atoms with Crippen LogP contribution in [0.25, 0.3) is 0 Å². The van der Waals surface area contributed by atoms with Crippen molar-refractivity contribution in [2.24, 2.45) is 0 Å². The standard InChI is InChI=1S/C26H26ClN5O5S/c1-15-22(24(34)32-20(25(35)37-4)14-29-23(33)21-8-6-12-38-21)16(2)31-26(30-15)28-11-5-7-17-13-18(36-3)9-10-19(17)27/h6,8-10,12-13,20H,11,14H2,1-4H3,(H,29,33)(H,32,34)(H,28,30,31)/t20-/m0/s1. The molecule has 1 aromatic carbocycles. The van der Waals surface area contributed by atoms with Crippen LogP contribution in [0.1, 0.15) is 37.0 Å². The molecular formula is C26H26ClN5O5S. The van der Waals surface area contributed by atoms with Crippen LogP contribution in [0.2, 0.25) is 5.02 Å². The number of hydrogen-bond acceptors (Lipinski definition) is 9. The highest BCUT2D eigenvalue weighted by molar-refractivity contribution is 7.12. The number of benzene rings is 1. The van der Waals surface area contributed by atoms with Gasteiger partial charge in [0, 0.05) is 12.1 Å². The summed E-state index contributed by atoms with van der Waals surface area (Å²) in [6, 6.07) is 7.49. The minimum Gasteiger partial charge on any atom is -0.497 e. The number of aromatic nitrogens is 2. The molecule has 0 bridgehead atoms. The first-order valence-electron chi connectivity index (χ1n) is 11.3. The Morgan fingerprint density at radius 1 is 1.11 bits per heavy atom. The minimum atomic E-state index is -1.10. The number of nitrogens with zero attached hydrogens (tertiary/aromatic N) is 2. The number of nitrogens with one attached hydrogen (secondary N) is 3. The average molecular weight is 556 g/mol. The Kier molecular flexibility index (Phi) is 10.0. The molecule has 0 aliphatic rings. The molecule has 0 radical (unpaired) electrons. The van der Waals surface area contributed by atoms with Crippen LogP contribution in [0.3, 0.4) is 0 Å². The van der Waals surface area contributed by atoms with E-state index in [9.17, 15) is 14.4 Å². The third kappa shape index (κ3) is 7.44. The molecule has 2 aromatic heterocycles. The van der Waals surface area contributed by atoms with Crippen molar-refractivity contribution in [3.63, 3.8) is 0 Å². The van der Waals surface area contributed by atoms with E-state index in [-0.39, 0.29) is 30.5 Å². The molecule has 0 saturated heterocycles. The van der Waals surface area contributed by atoms with E-state index < -0.39 is 17.9 Å². The molecule has 10 nitrogen and oxygen atoms in total. The zero-order valence-electron chi connectivity index (χ0n) is 21.2. The quantitative estimate of drug-likeness (QED) is 0.271. The first-order valence-corrected chi connectivity index (χ1v) is 12.6. The molecule has 3 rings (SSSR count). The van der Waals surface area contributed by atoms with Crippen LogP contribution < -0.4 is 20.7 Å². The van der Waals surface area contributed by atoms with Crippen LogP contribution in [-0.2, 0) is 9.53 Å². The van der Waals surface area contributed by atoms with Gasteiger partial charge < -0.3 is 25.4 Å². The molecule has 0 aliphatic carbocycles. The lowest BCUT2D eigenvalue weighted by atomic mass is 10.1. The molecule has 3 N–H and O–H groups in total. The zero-order valence-corrected chi connectivity index (χ0v) is 22.7. The van der Waals surface area contributed by atoms with Gasteiger partial charge in [-0.25, -0.2) is 14.8 Å². The highest BCUT2D eigenvalue weighted by Crippen LogP contribution is 2.21. The Morgan fingerprint density at radius 2 is 1.84 bits per heavy atom. The largest absolute Gasteiger partial charge is 0.497 e. The van der Waals surface area contributed by atoms with Gasteiger partial charge in [0.25, 0.3) is 11.8 Å². The van der Waals surface area contributed by atoms with E-state index in [4.69, 9.17) is 21.1 Å². The van der Waals surface area contributed by atoms with Gasteiger partial charge in [-0.2, -0.15) is 0 Å². The average Bonchev–Trinajstić information content (AvgIpc) is 3.44. The van der Waals surface area contributed by atoms with Crippen LogP contribution in [-0.4, -0.2) is 61.1 Å². The molecule has 0 unspecified atom stereocenters. The maximum atomic E-state index is 13.0. The Bertz CT molecular complexity index is 1360. The second kappa shape index (κ2) is 13.4. The van der Waals surface area contributed by atoms with E-state index in [1.165, 1.54) is 18.4 Å². The van der Waals surface area contributed by atoms with Crippen molar-refractivity contribution < 1.29 is 23.9 Å². The number of anilines is 1. The van der Waals surface area contributed by atoms with Crippen LogP contribution in [0, 0.1) is 25.7 Å². The first kappa shape index (κ1) is 28.4. The van der Waals surface area contributed by atoms with Crippen molar-refractivity contribution in [1.29, 1.82) is 0 Å². The van der Waals surface area contributed by atoms with Crippen LogP contribution in [0.4, 0.5) is 5.95 Å². The Balaban J connectivity index is 1.66. The first-order chi connectivity index (χ1) is 18.2. The molecule has 2 amide bonds. The number of rotatable bonds is 9. The second-order valence-corrected chi connectivity index (χ2v) is 9.19. The van der Waals surface area contributed by atoms with E-state index in [1.807, 2.05) is 0 Å². The van der Waals surface area contributed by atoms with Gasteiger partial charge in [0.2, 0.25) is 5.95 Å². The van der Waals surface area contributed by atoms with Gasteiger partial charge >= 0.3 is 5.97 Å². The number of hydrogen-bond donors (Lipinski definition) is 3. The molecule has 2 heterocycles. The number of halogens is 1. The molecule has 3 aromatic rings. The fraction of sp³-hybridized carbons (Fsp3) is 0.269. The van der Waals surface area contributed by atoms with E-state index in [2.05, 4.69) is 37.8 Å². The number of esters is 1. The summed E-state index contributed by atoms with van der Waals surface area (Å²) < 4.78 is 9.97. The zero-order chi connectivity index (χ0) is 27.7. The maximum absolute atomic E-state index is 13.0. The molecular weight excluding hydrogens is 530 g/mol. The minimum absolute atomic E-state index is 0.149. The monoisotopic (exact) mass is 555 g/mol. The van der Waals surface area contributed by atoms with Gasteiger partial charge in [0.1, 0.15) is 11.8 Å². The number of amides is 2. The normalized spacial score (nSPS) is 11.0. The van der Waals surface area contributed by atoms with E-state index in [0.717, 1.165) is 0 Å². The Morgan fingerprint density at radius 3 is 2.47 bits per heavy atom. The molecule has 1 atom stereocenters. The summed E-state index contributed by atoms with van der Waals surface area (Å²) in [6.07, 6.45) is 0. The topological polar surface area (TPSA) is 132 Å². The Hall–Kier alpha value is -4.14. The summed E-state index contributed by atoms with van der Waals surface area (Å²) in [5.74, 6) is 5.23. The van der Waals surface area contributed by atoms with Crippen LogP contribution >= 0.6 is 22.9 Å². The lowest BCUT2D eigenvalue weighted by Gasteiger charge is -2.18. The maximum Gasteiger partial charge on any atom is 0.330 e. The predicted molar refractivity (Wildman–Crippen MR) is 145 cm³/mol. The number of carbonyl (C=O) groups excluding carboxylic acids is 3. The Labute approximate surface area is 229 Å². The van der Waals surface area contributed by atoms with Crippen molar-refractivity contribution in [3.8, 4) is 17.6 Å². The van der Waals surface area contributed by atoms with Crippen molar-refractivity contribution in [2.45, 2.75) is 19.9 Å². The van der Waals surface area contributed by atoms with Gasteiger partial charge in [-0.3, -0.25) is 9.59 Å². The van der Waals surface area contributed by atoms with Gasteiger partial charge in [-0.1, -0.05) is 29.5 Å².